The van der Waals surface area contributed by atoms with Crippen molar-refractivity contribution in [2.24, 2.45) is 5.41 Å². The van der Waals surface area contributed by atoms with Crippen molar-refractivity contribution in [3.63, 3.8) is 0 Å². The number of hydrogen-bond acceptors (Lipinski definition) is 3. The minimum atomic E-state index is 0.241. The van der Waals surface area contributed by atoms with E-state index in [-0.39, 0.29) is 5.41 Å². The van der Waals surface area contributed by atoms with Crippen molar-refractivity contribution in [2.75, 3.05) is 0 Å². The average Bonchev–Trinajstić information content (AvgIpc) is 2.94. The molecule has 0 aliphatic heterocycles. The number of thiophene rings is 1. The largest absolute Gasteiger partial charge is 0.244 e. The molecule has 2 heterocycles. The van der Waals surface area contributed by atoms with Gasteiger partial charge in [-0.3, -0.25) is 0 Å². The van der Waals surface area contributed by atoms with Crippen LogP contribution in [0.25, 0.3) is 31.4 Å². The second kappa shape index (κ2) is 5.67. The summed E-state index contributed by atoms with van der Waals surface area (Å²) in [6, 6.07) is 15.2. The molecule has 3 heteroatoms. The molecule has 0 spiro atoms. The quantitative estimate of drug-likeness (QED) is 0.443. The normalized spacial score (nSPS) is 12.1. The first-order valence-corrected chi connectivity index (χ1v) is 9.04. The summed E-state index contributed by atoms with van der Waals surface area (Å²) in [5.74, 6) is 0. The molecule has 0 aliphatic carbocycles. The van der Waals surface area contributed by atoms with Crippen molar-refractivity contribution in [3.8, 4) is 11.1 Å². The van der Waals surface area contributed by atoms with Gasteiger partial charge < -0.3 is 0 Å². The second-order valence-electron chi connectivity index (χ2n) is 7.42. The van der Waals surface area contributed by atoms with Crippen LogP contribution in [-0.4, -0.2) is 9.97 Å². The molecule has 0 saturated heterocycles. The highest BCUT2D eigenvalue weighted by Crippen LogP contribution is 2.42. The van der Waals surface area contributed by atoms with Crippen molar-refractivity contribution in [2.45, 2.75) is 27.2 Å². The molecule has 2 nitrogen and oxygen atoms in total. The third-order valence-corrected chi connectivity index (χ3v) is 5.34. The number of benzene rings is 2. The van der Waals surface area contributed by atoms with Gasteiger partial charge in [-0.1, -0.05) is 63.2 Å². The van der Waals surface area contributed by atoms with Gasteiger partial charge in [-0.25, -0.2) is 9.97 Å². The molecule has 2 aromatic heterocycles. The molecule has 4 rings (SSSR count). The first-order chi connectivity index (χ1) is 11.5. The van der Waals surface area contributed by atoms with Crippen LogP contribution in [-0.2, 0) is 6.42 Å². The zero-order valence-electron chi connectivity index (χ0n) is 14.2. The molecule has 0 unspecified atom stereocenters. The first-order valence-electron chi connectivity index (χ1n) is 8.22. The van der Waals surface area contributed by atoms with Crippen molar-refractivity contribution in [1.82, 2.24) is 9.97 Å². The van der Waals surface area contributed by atoms with Crippen LogP contribution in [0.3, 0.4) is 0 Å². The third-order valence-electron chi connectivity index (χ3n) is 4.19. The lowest BCUT2D eigenvalue weighted by atomic mass is 9.86. The lowest BCUT2D eigenvalue weighted by Gasteiger charge is -2.19. The maximum Gasteiger partial charge on any atom is 0.127 e. The molecule has 120 valence electrons. The summed E-state index contributed by atoms with van der Waals surface area (Å²) >= 11 is 1.77. The summed E-state index contributed by atoms with van der Waals surface area (Å²) in [6.07, 6.45) is 4.64. The van der Waals surface area contributed by atoms with Crippen LogP contribution in [0.4, 0.5) is 0 Å². The first kappa shape index (κ1) is 15.3. The molecule has 0 fully saturated rings. The highest BCUT2D eigenvalue weighted by molar-refractivity contribution is 7.26. The van der Waals surface area contributed by atoms with Gasteiger partial charge in [0.25, 0.3) is 0 Å². The van der Waals surface area contributed by atoms with Crippen molar-refractivity contribution in [3.05, 3.63) is 60.6 Å². The highest BCUT2D eigenvalue weighted by atomic mass is 32.1. The molecule has 0 aliphatic rings. The van der Waals surface area contributed by atoms with Gasteiger partial charge >= 0.3 is 0 Å². The Morgan fingerprint density at radius 1 is 1.00 bits per heavy atom. The van der Waals surface area contributed by atoms with Crippen LogP contribution in [0.1, 0.15) is 26.3 Å². The summed E-state index contributed by atoms with van der Waals surface area (Å²) < 4.78 is 1.32. The van der Waals surface area contributed by atoms with Gasteiger partial charge in [-0.15, -0.1) is 11.3 Å². The molecule has 0 atom stereocenters. The van der Waals surface area contributed by atoms with E-state index < -0.39 is 0 Å². The van der Waals surface area contributed by atoms with E-state index in [9.17, 15) is 0 Å². The van der Waals surface area contributed by atoms with Crippen molar-refractivity contribution in [1.29, 1.82) is 0 Å². The third kappa shape index (κ3) is 2.69. The predicted molar refractivity (Wildman–Crippen MR) is 104 cm³/mol. The van der Waals surface area contributed by atoms with Gasteiger partial charge in [-0.05, 0) is 28.5 Å². The maximum atomic E-state index is 4.50. The molecule has 4 aromatic rings. The van der Waals surface area contributed by atoms with Gasteiger partial charge in [-0.2, -0.15) is 0 Å². The molecule has 2 aromatic carbocycles. The van der Waals surface area contributed by atoms with Crippen LogP contribution in [0.5, 0.6) is 0 Å². The summed E-state index contributed by atoms with van der Waals surface area (Å²) in [6.45, 7) is 6.86. The smallest absolute Gasteiger partial charge is 0.127 e. The monoisotopic (exact) mass is 332 g/mol. The number of rotatable bonds is 2. The van der Waals surface area contributed by atoms with E-state index in [0.717, 1.165) is 11.3 Å². The van der Waals surface area contributed by atoms with Crippen LogP contribution in [0.15, 0.2) is 55.0 Å². The van der Waals surface area contributed by atoms with E-state index >= 15 is 0 Å². The zero-order valence-corrected chi connectivity index (χ0v) is 15.0. The minimum Gasteiger partial charge on any atom is -0.244 e. The number of aromatic nitrogens is 2. The van der Waals surface area contributed by atoms with E-state index in [1.54, 1.807) is 17.7 Å². The van der Waals surface area contributed by atoms with E-state index in [1.807, 2.05) is 6.20 Å². The van der Waals surface area contributed by atoms with Crippen molar-refractivity contribution >= 4 is 31.6 Å². The Kier molecular flexibility index (Phi) is 3.61. The average molecular weight is 332 g/mol. The fourth-order valence-electron chi connectivity index (χ4n) is 3.26. The van der Waals surface area contributed by atoms with Crippen LogP contribution < -0.4 is 0 Å². The van der Waals surface area contributed by atoms with E-state index in [1.165, 1.54) is 32.2 Å². The van der Waals surface area contributed by atoms with Gasteiger partial charge in [0.05, 0.1) is 0 Å². The minimum absolute atomic E-state index is 0.241. The summed E-state index contributed by atoms with van der Waals surface area (Å²) in [5, 5.41) is 2.50. The summed E-state index contributed by atoms with van der Waals surface area (Å²) in [5.41, 5.74) is 4.17. The second-order valence-corrected chi connectivity index (χ2v) is 8.42. The SMILES string of the molecule is CC(C)(C)Cc1ccc(-c2ccccc2)c2sc3ncncc3c12. The lowest BCUT2D eigenvalue weighted by molar-refractivity contribution is 0.413. The fraction of sp³-hybridized carbons (Fsp3) is 0.238. The topological polar surface area (TPSA) is 25.8 Å². The number of hydrogen-bond donors (Lipinski definition) is 0. The molecule has 0 radical (unpaired) electrons. The lowest BCUT2D eigenvalue weighted by Crippen LogP contribution is -2.09. The Labute approximate surface area is 146 Å². The predicted octanol–water partition coefficient (Wildman–Crippen LogP) is 6.10. The Morgan fingerprint density at radius 3 is 2.54 bits per heavy atom. The fourth-order valence-corrected chi connectivity index (χ4v) is 4.45. The zero-order chi connectivity index (χ0) is 16.7. The Hall–Kier alpha value is -2.26. The number of fused-ring (bicyclic) bond motifs is 3. The molecule has 0 amide bonds. The van der Waals surface area contributed by atoms with Crippen LogP contribution in [0, 0.1) is 5.41 Å². The standard InChI is InChI=1S/C21H20N2S/c1-21(2,3)11-15-9-10-16(14-7-5-4-6-8-14)19-18(15)17-12-22-13-23-20(17)24-19/h4-10,12-13H,11H2,1-3H3. The number of nitrogens with zero attached hydrogens (tertiary/aromatic N) is 2. The Morgan fingerprint density at radius 2 is 1.79 bits per heavy atom. The van der Waals surface area contributed by atoms with Gasteiger partial charge in [0, 0.05) is 21.7 Å². The molecular weight excluding hydrogens is 312 g/mol. The van der Waals surface area contributed by atoms with Crippen LogP contribution >= 0.6 is 11.3 Å². The molecule has 0 bridgehead atoms. The molecule has 24 heavy (non-hydrogen) atoms. The maximum absolute atomic E-state index is 4.50. The van der Waals surface area contributed by atoms with Crippen LogP contribution in [0.2, 0.25) is 0 Å². The summed E-state index contributed by atoms with van der Waals surface area (Å²) in [4.78, 5) is 9.84. The Balaban J connectivity index is 2.06. The Bertz CT molecular complexity index is 1010. The molecule has 0 saturated carbocycles. The molecular formula is C21H20N2S. The molecule has 0 N–H and O–H groups in total. The highest BCUT2D eigenvalue weighted by Gasteiger charge is 2.19. The van der Waals surface area contributed by atoms with Crippen molar-refractivity contribution < 1.29 is 0 Å². The van der Waals surface area contributed by atoms with Gasteiger partial charge in [0.15, 0.2) is 0 Å². The van der Waals surface area contributed by atoms with Gasteiger partial charge in [0.2, 0.25) is 0 Å². The van der Waals surface area contributed by atoms with E-state index in [0.29, 0.717) is 0 Å². The van der Waals surface area contributed by atoms with E-state index in [2.05, 4.69) is 73.2 Å². The van der Waals surface area contributed by atoms with Gasteiger partial charge in [0.1, 0.15) is 11.2 Å². The summed E-state index contributed by atoms with van der Waals surface area (Å²) in [7, 11) is 0. The van der Waals surface area contributed by atoms with E-state index in [4.69, 9.17) is 0 Å².